The molecule has 3 aliphatic heterocycles. The number of hydrogen-bond acceptors (Lipinski definition) is 5. The largest absolute Gasteiger partial charge is 0.453 e. The smallest absolute Gasteiger partial charge is 0.334 e. The summed E-state index contributed by atoms with van der Waals surface area (Å²) in [5.74, 6) is -0.500. The van der Waals surface area contributed by atoms with Crippen LogP contribution in [0.25, 0.3) is 0 Å². The van der Waals surface area contributed by atoms with Gasteiger partial charge in [0.1, 0.15) is 5.60 Å². The molecule has 0 saturated carbocycles. The number of rotatable bonds is 0. The highest BCUT2D eigenvalue weighted by Gasteiger charge is 2.51. The molecule has 2 N–H and O–H groups in total. The Morgan fingerprint density at radius 1 is 1.20 bits per heavy atom. The molecule has 3 heterocycles. The van der Waals surface area contributed by atoms with Gasteiger partial charge in [-0.05, 0) is 70.8 Å². The monoisotopic (exact) mass is 350 g/mol. The zero-order chi connectivity index (χ0) is 18.4. The predicted molar refractivity (Wildman–Crippen MR) is 93.9 cm³/mol. The van der Waals surface area contributed by atoms with E-state index < -0.39 is 29.4 Å². The fourth-order valence-electron chi connectivity index (χ4n) is 4.29. The quantitative estimate of drug-likeness (QED) is 0.399. The zero-order valence-electron chi connectivity index (χ0n) is 15.5. The fraction of sp³-hybridized carbons (Fsp3) is 0.750. The molecular formula is C20H30O5. The number of aliphatic hydroxyl groups is 2. The first-order valence-electron chi connectivity index (χ1n) is 9.27. The van der Waals surface area contributed by atoms with Crippen LogP contribution in [0.5, 0.6) is 0 Å². The lowest BCUT2D eigenvalue weighted by Crippen LogP contribution is -2.46. The Bertz CT molecular complexity index is 597. The summed E-state index contributed by atoms with van der Waals surface area (Å²) in [4.78, 5) is 12.5. The second-order valence-electron chi connectivity index (χ2n) is 8.37. The van der Waals surface area contributed by atoms with Gasteiger partial charge in [-0.25, -0.2) is 4.79 Å². The summed E-state index contributed by atoms with van der Waals surface area (Å²) in [6, 6.07) is 0. The number of ether oxygens (including phenoxy) is 2. The third kappa shape index (κ3) is 3.42. The molecule has 5 heteroatoms. The Kier molecular flexibility index (Phi) is 4.86. The summed E-state index contributed by atoms with van der Waals surface area (Å²) in [6.07, 6.45) is 4.08. The van der Waals surface area contributed by atoms with Gasteiger partial charge in [-0.1, -0.05) is 12.7 Å². The minimum Gasteiger partial charge on any atom is -0.453 e. The Morgan fingerprint density at radius 2 is 1.88 bits per heavy atom. The highest BCUT2D eigenvalue weighted by atomic mass is 16.6. The Balaban J connectivity index is 1.98. The summed E-state index contributed by atoms with van der Waals surface area (Å²) in [7, 11) is 0. The van der Waals surface area contributed by atoms with Gasteiger partial charge >= 0.3 is 5.97 Å². The number of hydrogen-bond donors (Lipinski definition) is 2. The van der Waals surface area contributed by atoms with E-state index in [1.54, 1.807) is 0 Å². The van der Waals surface area contributed by atoms with E-state index in [1.807, 2.05) is 26.8 Å². The number of carbonyl (C=O) groups is 1. The predicted octanol–water partition coefficient (Wildman–Crippen LogP) is 2.65. The van der Waals surface area contributed by atoms with Crippen molar-refractivity contribution in [3.05, 3.63) is 23.8 Å². The molecule has 0 aromatic carbocycles. The van der Waals surface area contributed by atoms with Gasteiger partial charge in [0, 0.05) is 5.57 Å². The maximum atomic E-state index is 12.5. The van der Waals surface area contributed by atoms with Crippen LogP contribution in [0.1, 0.15) is 59.3 Å². The van der Waals surface area contributed by atoms with E-state index in [0.717, 1.165) is 18.4 Å². The molecule has 0 spiro atoms. The molecule has 0 amide bonds. The van der Waals surface area contributed by atoms with Crippen molar-refractivity contribution < 1.29 is 24.5 Å². The van der Waals surface area contributed by atoms with Gasteiger partial charge in [0.2, 0.25) is 0 Å². The first-order valence-corrected chi connectivity index (χ1v) is 9.27. The van der Waals surface area contributed by atoms with Crippen LogP contribution in [-0.2, 0) is 14.3 Å². The molecule has 140 valence electrons. The van der Waals surface area contributed by atoms with Crippen LogP contribution in [0.3, 0.4) is 0 Å². The molecular weight excluding hydrogens is 320 g/mol. The summed E-state index contributed by atoms with van der Waals surface area (Å²) in [6.45, 7) is 9.63. The average Bonchev–Trinajstić information content (AvgIpc) is 2.94. The highest BCUT2D eigenvalue weighted by Crippen LogP contribution is 2.44. The zero-order valence-corrected chi connectivity index (χ0v) is 15.5. The van der Waals surface area contributed by atoms with E-state index in [0.29, 0.717) is 31.3 Å². The van der Waals surface area contributed by atoms with Gasteiger partial charge in [-0.3, -0.25) is 0 Å². The van der Waals surface area contributed by atoms with Crippen LogP contribution in [0.4, 0.5) is 0 Å². The molecule has 2 fully saturated rings. The lowest BCUT2D eigenvalue weighted by Gasteiger charge is -2.36. The van der Waals surface area contributed by atoms with E-state index in [4.69, 9.17) is 9.47 Å². The van der Waals surface area contributed by atoms with Gasteiger partial charge in [-0.2, -0.15) is 0 Å². The molecule has 3 rings (SSSR count). The average molecular weight is 350 g/mol. The fourth-order valence-corrected chi connectivity index (χ4v) is 4.29. The Labute approximate surface area is 149 Å². The maximum Gasteiger partial charge on any atom is 0.334 e. The molecule has 25 heavy (non-hydrogen) atoms. The van der Waals surface area contributed by atoms with Crippen molar-refractivity contribution in [1.82, 2.24) is 0 Å². The van der Waals surface area contributed by atoms with Crippen LogP contribution in [-0.4, -0.2) is 45.7 Å². The molecule has 6 atom stereocenters. The van der Waals surface area contributed by atoms with Crippen molar-refractivity contribution >= 4 is 5.97 Å². The van der Waals surface area contributed by atoms with Crippen LogP contribution in [0, 0.1) is 5.92 Å². The number of carbonyl (C=O) groups excluding carboxylic acids is 1. The number of fused-ring (bicyclic) bond motifs is 6. The summed E-state index contributed by atoms with van der Waals surface area (Å²) in [5, 5.41) is 21.2. The normalized spacial score (nSPS) is 47.8. The van der Waals surface area contributed by atoms with Crippen molar-refractivity contribution in [2.45, 2.75) is 88.8 Å². The minimum atomic E-state index is -0.728. The second-order valence-corrected chi connectivity index (χ2v) is 8.37. The van der Waals surface area contributed by atoms with Gasteiger partial charge in [0.15, 0.2) is 0 Å². The first-order chi connectivity index (χ1) is 11.6. The molecule has 0 radical (unpaired) electrons. The third-order valence-corrected chi connectivity index (χ3v) is 6.47. The van der Waals surface area contributed by atoms with E-state index >= 15 is 0 Å². The first kappa shape index (κ1) is 18.6. The summed E-state index contributed by atoms with van der Waals surface area (Å²) >= 11 is 0. The molecule has 0 aromatic rings. The minimum absolute atomic E-state index is 0.105. The molecule has 4 bridgehead atoms. The standard InChI is InChI=1S/C20H30O5/c1-12-5-6-16(22)19(3)10-8-17(24-19)20(4)9-7-14(11-15(12)21)13(2)18(23)25-20/h5,14-17,21-22H,2,6-11H2,1,3-4H3/b12-5+/t14-,15-,16-,17-,19+,20+/m0/s1. The molecule has 0 aromatic heterocycles. The highest BCUT2D eigenvalue weighted by molar-refractivity contribution is 5.89. The van der Waals surface area contributed by atoms with Crippen LogP contribution in [0.15, 0.2) is 23.8 Å². The molecule has 0 aliphatic carbocycles. The van der Waals surface area contributed by atoms with E-state index in [9.17, 15) is 15.0 Å². The maximum absolute atomic E-state index is 12.5. The Hall–Kier alpha value is -1.17. The van der Waals surface area contributed by atoms with Crippen LogP contribution < -0.4 is 0 Å². The van der Waals surface area contributed by atoms with E-state index in [1.165, 1.54) is 0 Å². The lowest BCUT2D eigenvalue weighted by atomic mass is 9.83. The van der Waals surface area contributed by atoms with Crippen LogP contribution in [0.2, 0.25) is 0 Å². The third-order valence-electron chi connectivity index (χ3n) is 6.47. The molecule has 0 unspecified atom stereocenters. The van der Waals surface area contributed by atoms with Gasteiger partial charge in [0.05, 0.1) is 23.9 Å². The molecule has 2 saturated heterocycles. The van der Waals surface area contributed by atoms with Crippen molar-refractivity contribution in [2.24, 2.45) is 5.92 Å². The van der Waals surface area contributed by atoms with E-state index in [-0.39, 0.29) is 12.0 Å². The molecule has 5 nitrogen and oxygen atoms in total. The van der Waals surface area contributed by atoms with Crippen molar-refractivity contribution in [3.63, 3.8) is 0 Å². The van der Waals surface area contributed by atoms with E-state index in [2.05, 4.69) is 6.58 Å². The van der Waals surface area contributed by atoms with Crippen molar-refractivity contribution in [2.75, 3.05) is 0 Å². The van der Waals surface area contributed by atoms with Gasteiger partial charge in [-0.15, -0.1) is 0 Å². The number of aliphatic hydroxyl groups excluding tert-OH is 2. The van der Waals surface area contributed by atoms with Crippen LogP contribution >= 0.6 is 0 Å². The van der Waals surface area contributed by atoms with Crippen molar-refractivity contribution in [1.29, 1.82) is 0 Å². The SMILES string of the molecule is C=C1C(=O)O[C@]2(C)CC[C@H]1C[C@H](O)/C(C)=C/C[C@H](O)[C@@]1(C)CC[C@@H]2O1. The number of esters is 1. The van der Waals surface area contributed by atoms with Gasteiger partial charge < -0.3 is 19.7 Å². The summed E-state index contributed by atoms with van der Waals surface area (Å²) in [5.41, 5.74) is -0.148. The molecule has 3 aliphatic rings. The second kappa shape index (κ2) is 6.53. The Morgan fingerprint density at radius 3 is 2.60 bits per heavy atom. The lowest BCUT2D eigenvalue weighted by molar-refractivity contribution is -0.186. The van der Waals surface area contributed by atoms with Gasteiger partial charge in [0.25, 0.3) is 0 Å². The van der Waals surface area contributed by atoms with Crippen molar-refractivity contribution in [3.8, 4) is 0 Å². The summed E-state index contributed by atoms with van der Waals surface area (Å²) < 4.78 is 12.1. The topological polar surface area (TPSA) is 76.0 Å².